The third-order valence-electron chi connectivity index (χ3n) is 5.23. The van der Waals surface area contributed by atoms with E-state index in [1.807, 2.05) is 0 Å². The predicted molar refractivity (Wildman–Crippen MR) is 117 cm³/mol. The molecule has 0 radical (unpaired) electrons. The third kappa shape index (κ3) is 3.62. The number of anilines is 1. The Morgan fingerprint density at radius 1 is 1.09 bits per heavy atom. The highest BCUT2D eigenvalue weighted by molar-refractivity contribution is 7.21. The number of nitrogens with zero attached hydrogens (tertiary/aromatic N) is 1. The van der Waals surface area contributed by atoms with E-state index < -0.39 is 17.5 Å². The van der Waals surface area contributed by atoms with Gasteiger partial charge in [0.15, 0.2) is 11.5 Å². The zero-order chi connectivity index (χ0) is 23.3. The van der Waals surface area contributed by atoms with Crippen molar-refractivity contribution in [1.29, 1.82) is 0 Å². The number of hydrogen-bond acceptors (Lipinski definition) is 7. The smallest absolute Gasteiger partial charge is 0.417 e. The number of nitrogen functional groups attached to an aromatic ring is 1. The minimum atomic E-state index is -4.71. The lowest BCUT2D eigenvalue weighted by molar-refractivity contribution is -0.136. The van der Waals surface area contributed by atoms with E-state index in [-0.39, 0.29) is 38.8 Å². The quantitative estimate of drug-likeness (QED) is 0.393. The van der Waals surface area contributed by atoms with E-state index in [1.165, 1.54) is 19.2 Å². The van der Waals surface area contributed by atoms with Crippen LogP contribution in [0.25, 0.3) is 21.5 Å². The highest BCUT2D eigenvalue weighted by Gasteiger charge is 2.36. The summed E-state index contributed by atoms with van der Waals surface area (Å²) < 4.78 is 57.7. The maximum absolute atomic E-state index is 14.0. The van der Waals surface area contributed by atoms with Crippen LogP contribution in [0, 0.1) is 0 Å². The van der Waals surface area contributed by atoms with Crippen molar-refractivity contribution < 1.29 is 32.2 Å². The summed E-state index contributed by atoms with van der Waals surface area (Å²) in [5.41, 5.74) is 5.66. The Labute approximate surface area is 189 Å². The standard InChI is InChI=1S/C23H15F3N2O4S/c1-30-13-5-2-11(3-6-13)20(29)21-19(27)18-14(23(24,25)26)9-15(28-22(18)33-21)12-4-7-16-17(8-12)32-10-31-16/h2-9H,10,27H2,1H3. The van der Waals surface area contributed by atoms with Gasteiger partial charge in [-0.15, -0.1) is 11.3 Å². The first-order valence-electron chi connectivity index (χ1n) is 9.65. The average molecular weight is 472 g/mol. The Kier molecular flexibility index (Phi) is 4.89. The third-order valence-corrected chi connectivity index (χ3v) is 6.33. The van der Waals surface area contributed by atoms with E-state index in [0.717, 1.165) is 17.4 Å². The van der Waals surface area contributed by atoms with E-state index >= 15 is 0 Å². The fourth-order valence-electron chi connectivity index (χ4n) is 3.59. The van der Waals surface area contributed by atoms with Gasteiger partial charge in [0.2, 0.25) is 12.6 Å². The number of methoxy groups -OCH3 is 1. The van der Waals surface area contributed by atoms with Crippen LogP contribution in [0.15, 0.2) is 48.5 Å². The Morgan fingerprint density at radius 3 is 2.52 bits per heavy atom. The van der Waals surface area contributed by atoms with E-state index in [2.05, 4.69) is 4.98 Å². The summed E-state index contributed by atoms with van der Waals surface area (Å²) in [4.78, 5) is 17.4. The molecule has 0 aliphatic carbocycles. The number of thiophene rings is 1. The molecule has 0 bridgehead atoms. The minimum absolute atomic E-state index is 0.00370. The number of pyridine rings is 1. The number of hydrogen-bond donors (Lipinski definition) is 1. The molecule has 33 heavy (non-hydrogen) atoms. The summed E-state index contributed by atoms with van der Waals surface area (Å²) in [7, 11) is 1.49. The van der Waals surface area contributed by atoms with Gasteiger partial charge in [0.25, 0.3) is 0 Å². The molecule has 1 aliphatic rings. The van der Waals surface area contributed by atoms with Crippen LogP contribution in [-0.2, 0) is 6.18 Å². The summed E-state index contributed by atoms with van der Waals surface area (Å²) in [6.45, 7) is 0.0390. The van der Waals surface area contributed by atoms with Crippen LogP contribution < -0.4 is 19.9 Å². The second-order valence-corrected chi connectivity index (χ2v) is 8.20. The monoisotopic (exact) mass is 472 g/mol. The molecule has 0 fully saturated rings. The van der Waals surface area contributed by atoms with Gasteiger partial charge in [-0.05, 0) is 48.5 Å². The zero-order valence-electron chi connectivity index (χ0n) is 17.0. The first-order chi connectivity index (χ1) is 15.8. The maximum atomic E-state index is 14.0. The van der Waals surface area contributed by atoms with Crippen molar-refractivity contribution in [3.8, 4) is 28.5 Å². The predicted octanol–water partition coefficient (Wildman–Crippen LogP) is 5.53. The molecule has 4 aromatic rings. The first-order valence-corrected chi connectivity index (χ1v) is 10.5. The summed E-state index contributed by atoms with van der Waals surface area (Å²) in [5, 5.41) is -0.283. The first kappa shape index (κ1) is 21.1. The zero-order valence-corrected chi connectivity index (χ0v) is 17.8. The summed E-state index contributed by atoms with van der Waals surface area (Å²) >= 11 is 0.829. The van der Waals surface area contributed by atoms with Crippen LogP contribution in [0.2, 0.25) is 0 Å². The highest BCUT2D eigenvalue weighted by atomic mass is 32.1. The van der Waals surface area contributed by atoms with Crippen LogP contribution in [0.1, 0.15) is 20.8 Å². The largest absolute Gasteiger partial charge is 0.497 e. The molecule has 0 saturated carbocycles. The number of alkyl halides is 3. The molecule has 2 N–H and O–H groups in total. The lowest BCUT2D eigenvalue weighted by atomic mass is 10.0. The van der Waals surface area contributed by atoms with E-state index in [9.17, 15) is 18.0 Å². The average Bonchev–Trinajstić information content (AvgIpc) is 3.41. The van der Waals surface area contributed by atoms with Gasteiger partial charge in [0.1, 0.15) is 15.5 Å². The van der Waals surface area contributed by atoms with Crippen molar-refractivity contribution in [2.45, 2.75) is 6.18 Å². The molecule has 168 valence electrons. The Hall–Kier alpha value is -3.79. The van der Waals surface area contributed by atoms with Gasteiger partial charge in [0, 0.05) is 16.5 Å². The molecule has 0 spiro atoms. The molecule has 0 atom stereocenters. The molecule has 0 saturated heterocycles. The molecular formula is C23H15F3N2O4S. The summed E-state index contributed by atoms with van der Waals surface area (Å²) in [6, 6.07) is 12.0. The van der Waals surface area contributed by atoms with Gasteiger partial charge in [-0.1, -0.05) is 0 Å². The Morgan fingerprint density at radius 2 is 1.82 bits per heavy atom. The van der Waals surface area contributed by atoms with Crippen LogP contribution in [0.5, 0.6) is 17.2 Å². The number of aromatic nitrogens is 1. The van der Waals surface area contributed by atoms with E-state index in [4.69, 9.17) is 19.9 Å². The van der Waals surface area contributed by atoms with Crippen molar-refractivity contribution in [2.24, 2.45) is 0 Å². The molecule has 0 unspecified atom stereocenters. The number of halogens is 3. The van der Waals surface area contributed by atoms with Gasteiger partial charge < -0.3 is 19.9 Å². The van der Waals surface area contributed by atoms with Gasteiger partial charge in [-0.25, -0.2) is 4.98 Å². The van der Waals surface area contributed by atoms with E-state index in [1.54, 1.807) is 30.3 Å². The lowest BCUT2D eigenvalue weighted by Crippen LogP contribution is -2.08. The van der Waals surface area contributed by atoms with Crippen molar-refractivity contribution >= 4 is 33.0 Å². The molecule has 2 aromatic heterocycles. The molecule has 5 rings (SSSR count). The molecule has 2 aromatic carbocycles. The van der Waals surface area contributed by atoms with Gasteiger partial charge >= 0.3 is 6.18 Å². The fraction of sp³-hybridized carbons (Fsp3) is 0.130. The summed E-state index contributed by atoms with van der Waals surface area (Å²) in [5.74, 6) is 0.980. The fourth-order valence-corrected chi connectivity index (χ4v) is 4.67. The van der Waals surface area contributed by atoms with Crippen LogP contribution >= 0.6 is 11.3 Å². The van der Waals surface area contributed by atoms with E-state index in [0.29, 0.717) is 22.8 Å². The second-order valence-electron chi connectivity index (χ2n) is 7.20. The number of carbonyl (C=O) groups excluding carboxylic acids is 1. The van der Waals surface area contributed by atoms with Crippen molar-refractivity contribution in [2.75, 3.05) is 19.6 Å². The van der Waals surface area contributed by atoms with Crippen molar-refractivity contribution in [3.05, 3.63) is 64.5 Å². The number of ether oxygens (including phenoxy) is 3. The Balaban J connectivity index is 1.66. The number of fused-ring (bicyclic) bond motifs is 2. The molecule has 1 aliphatic heterocycles. The maximum Gasteiger partial charge on any atom is 0.417 e. The van der Waals surface area contributed by atoms with Crippen LogP contribution in [0.3, 0.4) is 0 Å². The number of ketones is 1. The van der Waals surface area contributed by atoms with Gasteiger partial charge in [-0.2, -0.15) is 13.2 Å². The normalized spacial score (nSPS) is 12.8. The number of benzene rings is 2. The molecule has 10 heteroatoms. The minimum Gasteiger partial charge on any atom is -0.497 e. The second kappa shape index (κ2) is 7.66. The highest BCUT2D eigenvalue weighted by Crippen LogP contribution is 2.45. The number of rotatable bonds is 4. The molecular weight excluding hydrogens is 457 g/mol. The van der Waals surface area contributed by atoms with Crippen LogP contribution in [0.4, 0.5) is 18.9 Å². The SMILES string of the molecule is COc1ccc(C(=O)c2sc3nc(-c4ccc5c(c4)OCO5)cc(C(F)(F)F)c3c2N)cc1. The molecule has 3 heterocycles. The molecule has 6 nitrogen and oxygen atoms in total. The van der Waals surface area contributed by atoms with Gasteiger partial charge in [0.05, 0.1) is 24.1 Å². The lowest BCUT2D eigenvalue weighted by Gasteiger charge is -2.11. The van der Waals surface area contributed by atoms with Crippen molar-refractivity contribution in [1.82, 2.24) is 4.98 Å². The van der Waals surface area contributed by atoms with Crippen molar-refractivity contribution in [3.63, 3.8) is 0 Å². The van der Waals surface area contributed by atoms with Gasteiger partial charge in [-0.3, -0.25) is 4.79 Å². The Bertz CT molecular complexity index is 1400. The molecule has 0 amide bonds. The number of carbonyl (C=O) groups is 1. The van der Waals surface area contributed by atoms with Crippen LogP contribution in [-0.4, -0.2) is 24.7 Å². The summed E-state index contributed by atoms with van der Waals surface area (Å²) in [6.07, 6.45) is -4.71. The topological polar surface area (TPSA) is 83.7 Å². The number of nitrogens with two attached hydrogens (primary N) is 1.